The van der Waals surface area contributed by atoms with Gasteiger partial charge in [-0.25, -0.2) is 0 Å². The average Bonchev–Trinajstić information content (AvgIpc) is 0.811. The van der Waals surface area contributed by atoms with E-state index in [0.29, 0.717) is 0 Å². The summed E-state index contributed by atoms with van der Waals surface area (Å²) < 4.78 is 0. The molecule has 4 heteroatoms. The molecule has 0 saturated heterocycles. The van der Waals surface area contributed by atoms with Crippen LogP contribution in [-0.2, 0) is 22.4 Å². The standard InChI is InChI=1S/CH5NOS.Ag/c2-1(3)4;/h1,3-4H,2H2;. The summed E-state index contributed by atoms with van der Waals surface area (Å²) in [4.78, 5) is 0. The van der Waals surface area contributed by atoms with Crippen molar-refractivity contribution in [3.63, 3.8) is 0 Å². The summed E-state index contributed by atoms with van der Waals surface area (Å²) in [5.74, 6) is 0. The zero-order valence-electron chi connectivity index (χ0n) is 2.35. The fourth-order valence-electron chi connectivity index (χ4n) is 0. The van der Waals surface area contributed by atoms with Gasteiger partial charge in [-0.05, 0) is 0 Å². The third kappa shape index (κ3) is 44.5. The number of nitrogens with two attached hydrogens (primary N) is 1. The van der Waals surface area contributed by atoms with Crippen molar-refractivity contribution in [3.8, 4) is 0 Å². The first-order chi connectivity index (χ1) is 1.73. The zero-order chi connectivity index (χ0) is 3.58. The maximum atomic E-state index is 7.70. The maximum absolute atomic E-state index is 7.70. The number of thiol groups is 1. The number of aliphatic hydroxyl groups is 1. The van der Waals surface area contributed by atoms with Gasteiger partial charge >= 0.3 is 0 Å². The molecule has 2 nitrogen and oxygen atoms in total. The second kappa shape index (κ2) is 5.01. The van der Waals surface area contributed by atoms with Gasteiger partial charge in [0.2, 0.25) is 0 Å². The summed E-state index contributed by atoms with van der Waals surface area (Å²) in [5, 5.41) is 7.70. The topological polar surface area (TPSA) is 46.2 Å². The smallest absolute Gasteiger partial charge is 0.147 e. The second-order valence-electron chi connectivity index (χ2n) is 0.414. The number of rotatable bonds is 0. The Hall–Kier alpha value is 1.01. The van der Waals surface area contributed by atoms with Crippen LogP contribution in [0.3, 0.4) is 0 Å². The first kappa shape index (κ1) is 9.38. The molecule has 0 aliphatic rings. The van der Waals surface area contributed by atoms with Crippen molar-refractivity contribution in [1.29, 1.82) is 0 Å². The summed E-state index contributed by atoms with van der Waals surface area (Å²) in [6, 6.07) is 0. The van der Waals surface area contributed by atoms with Crippen molar-refractivity contribution >= 4 is 12.6 Å². The molecule has 3 N–H and O–H groups in total. The predicted octanol–water partition coefficient (Wildman–Crippen LogP) is -0.852. The monoisotopic (exact) mass is 186 g/mol. The van der Waals surface area contributed by atoms with Crippen molar-refractivity contribution in [1.82, 2.24) is 0 Å². The molecule has 0 aliphatic carbocycles. The Morgan fingerprint density at radius 3 is 1.80 bits per heavy atom. The fourth-order valence-corrected chi connectivity index (χ4v) is 0. The Balaban J connectivity index is 0. The first-order valence-corrected chi connectivity index (χ1v) is 1.37. The Kier molecular flexibility index (Phi) is 9.40. The van der Waals surface area contributed by atoms with E-state index in [1.54, 1.807) is 0 Å². The Bertz CT molecular complexity index is 16.4. The molecular weight excluding hydrogens is 182 g/mol. The van der Waals surface area contributed by atoms with Gasteiger partial charge in [0.25, 0.3) is 0 Å². The molecule has 0 aromatic rings. The van der Waals surface area contributed by atoms with Crippen molar-refractivity contribution in [3.05, 3.63) is 0 Å². The molecule has 5 heavy (non-hydrogen) atoms. The van der Waals surface area contributed by atoms with E-state index in [9.17, 15) is 0 Å². The van der Waals surface area contributed by atoms with Gasteiger partial charge in [0.1, 0.15) is 5.56 Å². The van der Waals surface area contributed by atoms with Gasteiger partial charge in [-0.1, -0.05) is 0 Å². The van der Waals surface area contributed by atoms with E-state index in [0.717, 1.165) is 0 Å². The molecule has 0 amide bonds. The molecule has 1 radical (unpaired) electrons. The maximum Gasteiger partial charge on any atom is 0.147 e. The van der Waals surface area contributed by atoms with Crippen LogP contribution >= 0.6 is 12.6 Å². The number of aliphatic hydroxyl groups excluding tert-OH is 1. The molecule has 0 fully saturated rings. The predicted molar refractivity (Wildman–Crippen MR) is 19.2 cm³/mol. The van der Waals surface area contributed by atoms with E-state index in [2.05, 4.69) is 18.4 Å². The molecule has 0 aromatic carbocycles. The van der Waals surface area contributed by atoms with Crippen LogP contribution in [0.4, 0.5) is 0 Å². The Labute approximate surface area is 51.7 Å². The van der Waals surface area contributed by atoms with Gasteiger partial charge in [-0.15, -0.1) is 12.6 Å². The molecule has 1 unspecified atom stereocenters. The van der Waals surface area contributed by atoms with Gasteiger partial charge < -0.3 is 5.11 Å². The van der Waals surface area contributed by atoms with E-state index < -0.39 is 5.56 Å². The summed E-state index contributed by atoms with van der Waals surface area (Å²) in [5.41, 5.74) is 3.56. The molecule has 0 saturated carbocycles. The van der Waals surface area contributed by atoms with Gasteiger partial charge in [0.05, 0.1) is 0 Å². The Morgan fingerprint density at radius 1 is 1.80 bits per heavy atom. The molecule has 0 aliphatic heterocycles. The quantitative estimate of drug-likeness (QED) is 0.262. The van der Waals surface area contributed by atoms with E-state index in [4.69, 9.17) is 5.11 Å². The van der Waals surface area contributed by atoms with Crippen LogP contribution in [0.15, 0.2) is 0 Å². The minimum atomic E-state index is -0.972. The molecule has 0 bridgehead atoms. The van der Waals surface area contributed by atoms with Crippen molar-refractivity contribution in [2.75, 3.05) is 0 Å². The van der Waals surface area contributed by atoms with Crippen molar-refractivity contribution in [2.24, 2.45) is 5.73 Å². The minimum Gasteiger partial charge on any atom is -0.370 e. The molecular formula is CH5AgNOS. The van der Waals surface area contributed by atoms with Crippen LogP contribution < -0.4 is 5.73 Å². The second-order valence-corrected chi connectivity index (χ2v) is 0.943. The largest absolute Gasteiger partial charge is 0.370 e. The van der Waals surface area contributed by atoms with E-state index in [1.165, 1.54) is 0 Å². The molecule has 0 heterocycles. The van der Waals surface area contributed by atoms with Gasteiger partial charge in [0.15, 0.2) is 0 Å². The first-order valence-electron chi connectivity index (χ1n) is 0.850. The molecule has 1 atom stereocenters. The van der Waals surface area contributed by atoms with Gasteiger partial charge in [-0.2, -0.15) is 0 Å². The van der Waals surface area contributed by atoms with Crippen LogP contribution in [0.1, 0.15) is 0 Å². The SMILES string of the molecule is NC(O)S.[Ag]. The summed E-state index contributed by atoms with van der Waals surface area (Å²) in [7, 11) is 0. The van der Waals surface area contributed by atoms with Crippen LogP contribution in [0.25, 0.3) is 0 Å². The summed E-state index contributed by atoms with van der Waals surface area (Å²) in [6.07, 6.45) is 0. The van der Waals surface area contributed by atoms with Crippen molar-refractivity contribution in [2.45, 2.75) is 5.56 Å². The third-order valence-corrected chi connectivity index (χ3v) is 0. The normalized spacial score (nSPS) is 12.6. The van der Waals surface area contributed by atoms with Crippen molar-refractivity contribution < 1.29 is 27.5 Å². The fraction of sp³-hybridized carbons (Fsp3) is 1.00. The van der Waals surface area contributed by atoms with Crippen LogP contribution in [-0.4, -0.2) is 10.7 Å². The average molecular weight is 187 g/mol. The van der Waals surface area contributed by atoms with Crippen LogP contribution in [0, 0.1) is 0 Å². The van der Waals surface area contributed by atoms with Gasteiger partial charge in [-0.3, -0.25) is 5.73 Å². The number of hydrogen-bond donors (Lipinski definition) is 3. The number of hydrogen-bond acceptors (Lipinski definition) is 3. The minimum absolute atomic E-state index is 0. The third-order valence-electron chi connectivity index (χ3n) is 0. The van der Waals surface area contributed by atoms with E-state index in [-0.39, 0.29) is 22.4 Å². The van der Waals surface area contributed by atoms with E-state index >= 15 is 0 Å². The van der Waals surface area contributed by atoms with Gasteiger partial charge in [0, 0.05) is 22.4 Å². The van der Waals surface area contributed by atoms with E-state index in [1.807, 2.05) is 0 Å². The molecule has 0 rings (SSSR count). The summed E-state index contributed by atoms with van der Waals surface area (Å²) >= 11 is 3.30. The molecule has 0 spiro atoms. The van der Waals surface area contributed by atoms with Crippen LogP contribution in [0.2, 0.25) is 0 Å². The zero-order valence-corrected chi connectivity index (χ0v) is 4.73. The Morgan fingerprint density at radius 2 is 1.80 bits per heavy atom. The summed E-state index contributed by atoms with van der Waals surface area (Å²) in [6.45, 7) is 0. The molecule has 0 aromatic heterocycles. The molecule has 37 valence electrons. The van der Waals surface area contributed by atoms with Crippen LogP contribution in [0.5, 0.6) is 0 Å².